The molecule has 3 rings (SSSR count). The van der Waals surface area contributed by atoms with Crippen LogP contribution in [0, 0.1) is 5.82 Å². The van der Waals surface area contributed by atoms with E-state index in [0.717, 1.165) is 22.2 Å². The van der Waals surface area contributed by atoms with Crippen LogP contribution < -0.4 is 5.73 Å². The molecule has 3 nitrogen and oxygen atoms in total. The Balaban J connectivity index is 1.93. The van der Waals surface area contributed by atoms with E-state index in [4.69, 9.17) is 5.73 Å². The lowest BCUT2D eigenvalue weighted by Crippen LogP contribution is -2.14. The van der Waals surface area contributed by atoms with Crippen LogP contribution in [0.5, 0.6) is 0 Å². The Morgan fingerprint density at radius 1 is 1.29 bits per heavy atom. The molecule has 1 heterocycles. The zero-order valence-electron chi connectivity index (χ0n) is 11.6. The second kappa shape index (κ2) is 5.58. The Hall–Kier alpha value is -1.72. The summed E-state index contributed by atoms with van der Waals surface area (Å²) < 4.78 is 15.6. The standard InChI is InChI=1S/C16H15BrFN3/c1-21-15-5-3-2-4-11(15)16(20-21)14(19)9-10-6-7-13(18)12(17)8-10/h2-8,14H,9,19H2,1H3. The lowest BCUT2D eigenvalue weighted by molar-refractivity contribution is 0.617. The van der Waals surface area contributed by atoms with Crippen molar-refractivity contribution in [2.45, 2.75) is 12.5 Å². The molecule has 2 N–H and O–H groups in total. The first-order valence-corrected chi connectivity index (χ1v) is 7.46. The van der Waals surface area contributed by atoms with E-state index in [9.17, 15) is 4.39 Å². The summed E-state index contributed by atoms with van der Waals surface area (Å²) in [6.45, 7) is 0. The summed E-state index contributed by atoms with van der Waals surface area (Å²) in [5, 5.41) is 5.60. The molecular weight excluding hydrogens is 333 g/mol. The molecule has 0 radical (unpaired) electrons. The van der Waals surface area contributed by atoms with E-state index in [1.54, 1.807) is 12.1 Å². The second-order valence-corrected chi connectivity index (χ2v) is 5.94. The van der Waals surface area contributed by atoms with Crippen LogP contribution in [0.1, 0.15) is 17.3 Å². The van der Waals surface area contributed by atoms with E-state index in [1.165, 1.54) is 6.07 Å². The Morgan fingerprint density at radius 3 is 2.81 bits per heavy atom. The van der Waals surface area contributed by atoms with Gasteiger partial charge < -0.3 is 5.73 Å². The highest BCUT2D eigenvalue weighted by Gasteiger charge is 2.16. The van der Waals surface area contributed by atoms with Gasteiger partial charge in [0.05, 0.1) is 21.7 Å². The molecule has 0 aliphatic heterocycles. The smallest absolute Gasteiger partial charge is 0.137 e. The van der Waals surface area contributed by atoms with Gasteiger partial charge in [0.2, 0.25) is 0 Å². The van der Waals surface area contributed by atoms with Crippen molar-refractivity contribution in [1.29, 1.82) is 0 Å². The molecule has 1 atom stereocenters. The monoisotopic (exact) mass is 347 g/mol. The molecule has 0 bridgehead atoms. The number of nitrogens with two attached hydrogens (primary N) is 1. The van der Waals surface area contributed by atoms with Gasteiger partial charge >= 0.3 is 0 Å². The number of fused-ring (bicyclic) bond motifs is 1. The van der Waals surface area contributed by atoms with Crippen molar-refractivity contribution in [3.8, 4) is 0 Å². The number of rotatable bonds is 3. The Labute approximate surface area is 130 Å². The molecule has 0 saturated carbocycles. The van der Waals surface area contributed by atoms with Gasteiger partial charge in [-0.2, -0.15) is 5.10 Å². The maximum Gasteiger partial charge on any atom is 0.137 e. The Morgan fingerprint density at radius 2 is 2.05 bits per heavy atom. The Bertz CT molecular complexity index is 797. The molecule has 0 spiro atoms. The first-order valence-electron chi connectivity index (χ1n) is 6.67. The largest absolute Gasteiger partial charge is 0.322 e. The summed E-state index contributed by atoms with van der Waals surface area (Å²) in [7, 11) is 1.91. The zero-order chi connectivity index (χ0) is 15.0. The van der Waals surface area contributed by atoms with Gasteiger partial charge in [-0.25, -0.2) is 4.39 Å². The highest BCUT2D eigenvalue weighted by molar-refractivity contribution is 9.10. The summed E-state index contributed by atoms with van der Waals surface area (Å²) in [4.78, 5) is 0. The molecule has 2 aromatic carbocycles. The second-order valence-electron chi connectivity index (χ2n) is 5.09. The molecule has 5 heteroatoms. The Kier molecular flexibility index (Phi) is 3.78. The lowest BCUT2D eigenvalue weighted by Gasteiger charge is -2.10. The molecule has 1 aromatic heterocycles. The van der Waals surface area contributed by atoms with E-state index in [-0.39, 0.29) is 11.9 Å². The normalized spacial score (nSPS) is 12.8. The van der Waals surface area contributed by atoms with Crippen LogP contribution in [0.4, 0.5) is 4.39 Å². The molecule has 0 aliphatic carbocycles. The quantitative estimate of drug-likeness (QED) is 0.784. The fraction of sp³-hybridized carbons (Fsp3) is 0.188. The van der Waals surface area contributed by atoms with Crippen molar-refractivity contribution in [3.63, 3.8) is 0 Å². The molecule has 1 unspecified atom stereocenters. The number of halogens is 2. The van der Waals surface area contributed by atoms with Gasteiger partial charge in [0.1, 0.15) is 5.82 Å². The minimum Gasteiger partial charge on any atom is -0.322 e. The van der Waals surface area contributed by atoms with E-state index in [1.807, 2.05) is 36.0 Å². The number of para-hydroxylation sites is 1. The average molecular weight is 348 g/mol. The first-order chi connectivity index (χ1) is 10.1. The van der Waals surface area contributed by atoms with E-state index in [2.05, 4.69) is 21.0 Å². The fourth-order valence-electron chi connectivity index (χ4n) is 2.53. The van der Waals surface area contributed by atoms with Crippen molar-refractivity contribution in [1.82, 2.24) is 9.78 Å². The van der Waals surface area contributed by atoms with Crippen LogP contribution in [0.3, 0.4) is 0 Å². The van der Waals surface area contributed by atoms with Gasteiger partial charge in [0.15, 0.2) is 0 Å². The minimum atomic E-state index is -0.268. The molecular formula is C16H15BrFN3. The van der Waals surface area contributed by atoms with E-state index in [0.29, 0.717) is 10.9 Å². The third-order valence-corrected chi connectivity index (χ3v) is 4.18. The van der Waals surface area contributed by atoms with Crippen LogP contribution in [0.2, 0.25) is 0 Å². The summed E-state index contributed by atoms with van der Waals surface area (Å²) in [6.07, 6.45) is 0.611. The van der Waals surface area contributed by atoms with Gasteiger partial charge in [0, 0.05) is 12.4 Å². The van der Waals surface area contributed by atoms with Crippen molar-refractivity contribution in [2.24, 2.45) is 12.8 Å². The maximum atomic E-state index is 13.3. The SMILES string of the molecule is Cn1nc(C(N)Cc2ccc(F)c(Br)c2)c2ccccc21. The van der Waals surface area contributed by atoms with Gasteiger partial charge in [-0.05, 0) is 46.1 Å². The molecule has 3 aromatic rings. The summed E-state index contributed by atoms with van der Waals surface area (Å²) in [5.74, 6) is -0.268. The van der Waals surface area contributed by atoms with Crippen LogP contribution in [0.15, 0.2) is 46.9 Å². The van der Waals surface area contributed by atoms with Crippen LogP contribution in [-0.2, 0) is 13.5 Å². The van der Waals surface area contributed by atoms with E-state index >= 15 is 0 Å². The number of hydrogen-bond acceptors (Lipinski definition) is 2. The number of hydrogen-bond donors (Lipinski definition) is 1. The summed E-state index contributed by atoms with van der Waals surface area (Å²) in [6, 6.07) is 12.7. The van der Waals surface area contributed by atoms with Crippen molar-refractivity contribution < 1.29 is 4.39 Å². The van der Waals surface area contributed by atoms with Gasteiger partial charge in [-0.15, -0.1) is 0 Å². The zero-order valence-corrected chi connectivity index (χ0v) is 13.1. The number of aromatic nitrogens is 2. The summed E-state index contributed by atoms with van der Waals surface area (Å²) >= 11 is 3.20. The van der Waals surface area contributed by atoms with Gasteiger partial charge in [-0.1, -0.05) is 24.3 Å². The van der Waals surface area contributed by atoms with Crippen molar-refractivity contribution in [3.05, 3.63) is 64.0 Å². The molecule has 108 valence electrons. The van der Waals surface area contributed by atoms with Crippen LogP contribution >= 0.6 is 15.9 Å². The fourth-order valence-corrected chi connectivity index (χ4v) is 2.96. The average Bonchev–Trinajstić information content (AvgIpc) is 2.81. The molecule has 0 saturated heterocycles. The van der Waals surface area contributed by atoms with Crippen LogP contribution in [0.25, 0.3) is 10.9 Å². The lowest BCUT2D eigenvalue weighted by atomic mass is 10.0. The van der Waals surface area contributed by atoms with E-state index < -0.39 is 0 Å². The molecule has 0 aliphatic rings. The highest BCUT2D eigenvalue weighted by Crippen LogP contribution is 2.25. The number of aryl methyl sites for hydroxylation is 1. The molecule has 0 fully saturated rings. The third kappa shape index (κ3) is 2.71. The predicted octanol–water partition coefficient (Wildman–Crippen LogP) is 3.72. The number of benzene rings is 2. The molecule has 21 heavy (non-hydrogen) atoms. The first kappa shape index (κ1) is 14.2. The van der Waals surface area contributed by atoms with Crippen molar-refractivity contribution in [2.75, 3.05) is 0 Å². The van der Waals surface area contributed by atoms with Gasteiger partial charge in [0.25, 0.3) is 0 Å². The van der Waals surface area contributed by atoms with Gasteiger partial charge in [-0.3, -0.25) is 4.68 Å². The third-order valence-electron chi connectivity index (χ3n) is 3.58. The van der Waals surface area contributed by atoms with Crippen LogP contribution in [-0.4, -0.2) is 9.78 Å². The highest BCUT2D eigenvalue weighted by atomic mass is 79.9. The van der Waals surface area contributed by atoms with Crippen molar-refractivity contribution >= 4 is 26.8 Å². The summed E-state index contributed by atoms with van der Waals surface area (Å²) in [5.41, 5.74) is 9.21. The molecule has 0 amide bonds. The number of nitrogens with zero attached hydrogens (tertiary/aromatic N) is 2. The predicted molar refractivity (Wildman–Crippen MR) is 85.4 cm³/mol. The topological polar surface area (TPSA) is 43.8 Å². The maximum absolute atomic E-state index is 13.3. The minimum absolute atomic E-state index is 0.228.